The molecular weight excluding hydrogens is 488 g/mol. The van der Waals surface area contributed by atoms with Gasteiger partial charge in [-0.2, -0.15) is 4.39 Å². The molecule has 0 radical (unpaired) electrons. The van der Waals surface area contributed by atoms with Gasteiger partial charge >= 0.3 is 5.97 Å². The SMILES string of the molecule is CCOc1ccc(-c2ccc(OC(=O)c3ccc(C4CCC(OCC)CC4)c(F)c3F)cc2)c(F)c1F. The molecule has 1 aliphatic carbocycles. The molecule has 1 aliphatic rings. The standard InChI is InChI=1S/C29H28F4O4/c1-3-35-19-9-5-17(6-10-19)21-13-14-23(27(32)25(21)30)29(34)37-20-11-7-18(8-12-20)22-15-16-24(36-4-2)28(33)26(22)31/h7-8,11-17,19H,3-6,9-10H2,1-2H3. The summed E-state index contributed by atoms with van der Waals surface area (Å²) in [7, 11) is 0. The second-order valence-electron chi connectivity index (χ2n) is 8.85. The van der Waals surface area contributed by atoms with Crippen LogP contribution in [0, 0.1) is 23.3 Å². The Hall–Kier alpha value is -3.39. The van der Waals surface area contributed by atoms with Crippen molar-refractivity contribution in [2.75, 3.05) is 13.2 Å². The molecule has 3 aromatic rings. The summed E-state index contributed by atoms with van der Waals surface area (Å²) < 4.78 is 74.3. The summed E-state index contributed by atoms with van der Waals surface area (Å²) in [5.41, 5.74) is 0.0589. The largest absolute Gasteiger partial charge is 0.491 e. The Labute approximate surface area is 213 Å². The van der Waals surface area contributed by atoms with Crippen LogP contribution in [-0.4, -0.2) is 25.3 Å². The van der Waals surface area contributed by atoms with Gasteiger partial charge in [-0.25, -0.2) is 18.0 Å². The smallest absolute Gasteiger partial charge is 0.346 e. The molecule has 4 rings (SSSR count). The molecule has 0 aromatic heterocycles. The van der Waals surface area contributed by atoms with Crippen LogP contribution in [0.25, 0.3) is 11.1 Å². The number of hydrogen-bond donors (Lipinski definition) is 0. The molecule has 37 heavy (non-hydrogen) atoms. The Kier molecular flexibility index (Phi) is 8.48. The highest BCUT2D eigenvalue weighted by Gasteiger charge is 2.28. The Bertz CT molecular complexity index is 1250. The van der Waals surface area contributed by atoms with Gasteiger partial charge < -0.3 is 14.2 Å². The van der Waals surface area contributed by atoms with Crippen molar-refractivity contribution in [3.8, 4) is 22.6 Å². The molecule has 0 unspecified atom stereocenters. The fourth-order valence-electron chi connectivity index (χ4n) is 4.70. The van der Waals surface area contributed by atoms with Crippen molar-refractivity contribution in [2.45, 2.75) is 51.6 Å². The quantitative estimate of drug-likeness (QED) is 0.176. The van der Waals surface area contributed by atoms with E-state index in [4.69, 9.17) is 14.2 Å². The molecular formula is C29H28F4O4. The topological polar surface area (TPSA) is 44.8 Å². The van der Waals surface area contributed by atoms with E-state index in [1.165, 1.54) is 48.5 Å². The number of hydrogen-bond acceptors (Lipinski definition) is 4. The summed E-state index contributed by atoms with van der Waals surface area (Å²) in [5, 5.41) is 0. The Morgan fingerprint density at radius 2 is 1.49 bits per heavy atom. The van der Waals surface area contributed by atoms with Crippen LogP contribution < -0.4 is 9.47 Å². The molecule has 3 aromatic carbocycles. The van der Waals surface area contributed by atoms with Gasteiger partial charge in [0.15, 0.2) is 23.2 Å². The highest BCUT2D eigenvalue weighted by Crippen LogP contribution is 2.36. The normalized spacial score (nSPS) is 17.5. The number of carbonyl (C=O) groups excluding carboxylic acids is 1. The molecule has 0 saturated heterocycles. The van der Waals surface area contributed by atoms with Gasteiger partial charge in [0, 0.05) is 12.2 Å². The summed E-state index contributed by atoms with van der Waals surface area (Å²) >= 11 is 0. The second-order valence-corrected chi connectivity index (χ2v) is 8.85. The number of esters is 1. The molecule has 0 heterocycles. The van der Waals surface area contributed by atoms with E-state index >= 15 is 0 Å². The fourth-order valence-corrected chi connectivity index (χ4v) is 4.70. The fraction of sp³-hybridized carbons (Fsp3) is 0.345. The minimum Gasteiger partial charge on any atom is -0.491 e. The van der Waals surface area contributed by atoms with E-state index < -0.39 is 34.8 Å². The van der Waals surface area contributed by atoms with E-state index in [9.17, 15) is 22.4 Å². The number of halogens is 4. The molecule has 0 bridgehead atoms. The molecule has 0 amide bonds. The molecule has 1 saturated carbocycles. The van der Waals surface area contributed by atoms with Gasteiger partial charge in [0.25, 0.3) is 0 Å². The predicted octanol–water partition coefficient (Wildman–Crippen LogP) is 7.59. The third-order valence-electron chi connectivity index (χ3n) is 6.57. The van der Waals surface area contributed by atoms with Crippen molar-refractivity contribution >= 4 is 5.97 Å². The van der Waals surface area contributed by atoms with Crippen LogP contribution in [0.4, 0.5) is 17.6 Å². The second kappa shape index (κ2) is 11.8. The predicted molar refractivity (Wildman–Crippen MR) is 131 cm³/mol. The van der Waals surface area contributed by atoms with Crippen LogP contribution in [0.5, 0.6) is 11.5 Å². The zero-order chi connectivity index (χ0) is 26.5. The van der Waals surface area contributed by atoms with Gasteiger partial charge in [-0.05, 0) is 86.9 Å². The van der Waals surface area contributed by atoms with Crippen molar-refractivity contribution in [3.63, 3.8) is 0 Å². The molecule has 0 aliphatic heterocycles. The van der Waals surface area contributed by atoms with Gasteiger partial charge in [-0.15, -0.1) is 0 Å². The zero-order valence-electron chi connectivity index (χ0n) is 20.7. The molecule has 4 nitrogen and oxygen atoms in total. The number of benzene rings is 3. The maximum atomic E-state index is 14.9. The molecule has 0 N–H and O–H groups in total. The summed E-state index contributed by atoms with van der Waals surface area (Å²) in [6.45, 7) is 4.40. The van der Waals surface area contributed by atoms with Crippen LogP contribution in [0.2, 0.25) is 0 Å². The van der Waals surface area contributed by atoms with Gasteiger partial charge in [0.1, 0.15) is 5.75 Å². The zero-order valence-corrected chi connectivity index (χ0v) is 20.7. The maximum Gasteiger partial charge on any atom is 0.346 e. The van der Waals surface area contributed by atoms with Gasteiger partial charge in [-0.3, -0.25) is 0 Å². The van der Waals surface area contributed by atoms with Crippen molar-refractivity contribution in [3.05, 3.63) is 82.9 Å². The minimum absolute atomic E-state index is 0.00201. The first-order valence-corrected chi connectivity index (χ1v) is 12.4. The average Bonchev–Trinajstić information content (AvgIpc) is 2.90. The molecule has 0 spiro atoms. The monoisotopic (exact) mass is 516 g/mol. The highest BCUT2D eigenvalue weighted by molar-refractivity contribution is 5.91. The van der Waals surface area contributed by atoms with Crippen LogP contribution in [-0.2, 0) is 4.74 Å². The van der Waals surface area contributed by atoms with Gasteiger partial charge in [0.05, 0.1) is 18.3 Å². The van der Waals surface area contributed by atoms with Crippen LogP contribution in [0.1, 0.15) is 61.4 Å². The van der Waals surface area contributed by atoms with Crippen LogP contribution in [0.3, 0.4) is 0 Å². The van der Waals surface area contributed by atoms with Crippen LogP contribution >= 0.6 is 0 Å². The average molecular weight is 517 g/mol. The molecule has 8 heteroatoms. The number of rotatable bonds is 8. The van der Waals surface area contributed by atoms with Crippen molar-refractivity contribution < 1.29 is 36.6 Å². The lowest BCUT2D eigenvalue weighted by molar-refractivity contribution is 0.0325. The summed E-state index contributed by atoms with van der Waals surface area (Å²) in [6.07, 6.45) is 3.03. The third-order valence-corrected chi connectivity index (χ3v) is 6.57. The van der Waals surface area contributed by atoms with E-state index in [2.05, 4.69) is 0 Å². The lowest BCUT2D eigenvalue weighted by Crippen LogP contribution is -2.22. The minimum atomic E-state index is -1.25. The van der Waals surface area contributed by atoms with Gasteiger partial charge in [-0.1, -0.05) is 18.2 Å². The first-order chi connectivity index (χ1) is 17.8. The number of carbonyl (C=O) groups is 1. The lowest BCUT2D eigenvalue weighted by Gasteiger charge is -2.29. The molecule has 1 fully saturated rings. The molecule has 0 atom stereocenters. The Morgan fingerprint density at radius 1 is 0.784 bits per heavy atom. The first-order valence-electron chi connectivity index (χ1n) is 12.4. The third kappa shape index (κ3) is 5.80. The highest BCUT2D eigenvalue weighted by atomic mass is 19.2. The summed E-state index contributed by atoms with van der Waals surface area (Å²) in [4.78, 5) is 12.6. The summed E-state index contributed by atoms with van der Waals surface area (Å²) in [6, 6.07) is 11.0. The van der Waals surface area contributed by atoms with Crippen molar-refractivity contribution in [1.29, 1.82) is 0 Å². The van der Waals surface area contributed by atoms with Crippen molar-refractivity contribution in [2.24, 2.45) is 0 Å². The van der Waals surface area contributed by atoms with Crippen molar-refractivity contribution in [1.82, 2.24) is 0 Å². The van der Waals surface area contributed by atoms with E-state index in [0.717, 1.165) is 12.8 Å². The Morgan fingerprint density at radius 3 is 2.14 bits per heavy atom. The Balaban J connectivity index is 1.46. The number of ether oxygens (including phenoxy) is 3. The van der Waals surface area contributed by atoms with Crippen LogP contribution in [0.15, 0.2) is 48.5 Å². The first kappa shape index (κ1) is 26.7. The van der Waals surface area contributed by atoms with E-state index in [0.29, 0.717) is 25.0 Å². The van der Waals surface area contributed by atoms with Gasteiger partial charge in [0.2, 0.25) is 5.82 Å². The maximum absolute atomic E-state index is 14.9. The van der Waals surface area contributed by atoms with E-state index in [1.54, 1.807) is 6.92 Å². The lowest BCUT2D eigenvalue weighted by atomic mass is 9.82. The summed E-state index contributed by atoms with van der Waals surface area (Å²) in [5.74, 6) is -5.81. The van der Waals surface area contributed by atoms with E-state index in [-0.39, 0.29) is 41.3 Å². The molecule has 196 valence electrons. The van der Waals surface area contributed by atoms with E-state index in [1.807, 2.05) is 6.92 Å².